The van der Waals surface area contributed by atoms with E-state index in [-0.39, 0.29) is 5.91 Å². The average Bonchev–Trinajstić information content (AvgIpc) is 3.13. The first kappa shape index (κ1) is 20.6. The van der Waals surface area contributed by atoms with Gasteiger partial charge in [-0.3, -0.25) is 15.0 Å². The molecule has 28 heavy (non-hydrogen) atoms. The SMILES string of the molecule is COc1cc(C(=O)Nc2nc(CN3CCCCC3)cs2)ccc1OCC(C)C. The number of hydrogen-bond acceptors (Lipinski definition) is 6. The summed E-state index contributed by atoms with van der Waals surface area (Å²) in [6.07, 6.45) is 3.83. The van der Waals surface area contributed by atoms with Gasteiger partial charge < -0.3 is 9.47 Å². The molecule has 1 aliphatic rings. The second-order valence-electron chi connectivity index (χ2n) is 7.51. The molecular weight excluding hydrogens is 374 g/mol. The van der Waals surface area contributed by atoms with Gasteiger partial charge in [0.15, 0.2) is 16.6 Å². The van der Waals surface area contributed by atoms with Crippen molar-refractivity contribution in [2.75, 3.05) is 32.1 Å². The highest BCUT2D eigenvalue weighted by atomic mass is 32.1. The van der Waals surface area contributed by atoms with Crippen LogP contribution in [0.25, 0.3) is 0 Å². The molecule has 1 aliphatic heterocycles. The number of hydrogen-bond donors (Lipinski definition) is 1. The van der Waals surface area contributed by atoms with Crippen LogP contribution in [0.3, 0.4) is 0 Å². The van der Waals surface area contributed by atoms with Crippen LogP contribution in [0.5, 0.6) is 11.5 Å². The molecule has 0 spiro atoms. The predicted molar refractivity (Wildman–Crippen MR) is 113 cm³/mol. The van der Waals surface area contributed by atoms with Crippen molar-refractivity contribution in [3.8, 4) is 11.5 Å². The van der Waals surface area contributed by atoms with Gasteiger partial charge in [-0.15, -0.1) is 11.3 Å². The summed E-state index contributed by atoms with van der Waals surface area (Å²) in [4.78, 5) is 19.6. The summed E-state index contributed by atoms with van der Waals surface area (Å²) >= 11 is 1.46. The van der Waals surface area contributed by atoms with E-state index in [1.165, 1.54) is 30.6 Å². The summed E-state index contributed by atoms with van der Waals surface area (Å²) in [7, 11) is 1.58. The third-order valence-corrected chi connectivity index (χ3v) is 5.41. The van der Waals surface area contributed by atoms with Crippen molar-refractivity contribution in [2.24, 2.45) is 5.92 Å². The Hall–Kier alpha value is -2.12. The molecule has 3 rings (SSSR count). The zero-order valence-electron chi connectivity index (χ0n) is 16.9. The molecule has 0 aliphatic carbocycles. The quantitative estimate of drug-likeness (QED) is 0.707. The summed E-state index contributed by atoms with van der Waals surface area (Å²) in [6, 6.07) is 5.22. The summed E-state index contributed by atoms with van der Waals surface area (Å²) in [6.45, 7) is 7.88. The molecule has 0 radical (unpaired) electrons. The molecule has 2 aromatic rings. The number of carbonyl (C=O) groups excluding carboxylic acids is 1. The Morgan fingerprint density at radius 3 is 2.75 bits per heavy atom. The molecular formula is C21H29N3O3S. The lowest BCUT2D eigenvalue weighted by molar-refractivity contribution is 0.102. The van der Waals surface area contributed by atoms with Gasteiger partial charge in [-0.05, 0) is 50.0 Å². The van der Waals surface area contributed by atoms with E-state index in [9.17, 15) is 4.79 Å². The minimum absolute atomic E-state index is 0.201. The minimum Gasteiger partial charge on any atom is -0.493 e. The number of anilines is 1. The fraction of sp³-hybridized carbons (Fsp3) is 0.524. The molecule has 1 amide bonds. The van der Waals surface area contributed by atoms with Crippen LogP contribution in [0.4, 0.5) is 5.13 Å². The van der Waals surface area contributed by atoms with Gasteiger partial charge in [-0.1, -0.05) is 20.3 Å². The number of thiazole rings is 1. The minimum atomic E-state index is -0.201. The van der Waals surface area contributed by atoms with E-state index in [1.54, 1.807) is 25.3 Å². The Morgan fingerprint density at radius 1 is 1.25 bits per heavy atom. The lowest BCUT2D eigenvalue weighted by Crippen LogP contribution is -2.29. The highest BCUT2D eigenvalue weighted by molar-refractivity contribution is 7.13. The molecule has 0 bridgehead atoms. The van der Waals surface area contributed by atoms with Crippen LogP contribution in [0.1, 0.15) is 49.2 Å². The van der Waals surface area contributed by atoms with Crippen LogP contribution in [-0.2, 0) is 6.54 Å². The molecule has 7 heteroatoms. The van der Waals surface area contributed by atoms with Crippen LogP contribution in [-0.4, -0.2) is 42.6 Å². The van der Waals surface area contributed by atoms with Gasteiger partial charge in [0, 0.05) is 17.5 Å². The first-order chi connectivity index (χ1) is 13.5. The number of rotatable bonds is 8. The first-order valence-corrected chi connectivity index (χ1v) is 10.7. The fourth-order valence-corrected chi connectivity index (χ4v) is 3.83. The highest BCUT2D eigenvalue weighted by Crippen LogP contribution is 2.29. The van der Waals surface area contributed by atoms with E-state index in [2.05, 4.69) is 29.0 Å². The van der Waals surface area contributed by atoms with Crippen molar-refractivity contribution in [3.05, 3.63) is 34.8 Å². The van der Waals surface area contributed by atoms with Crippen molar-refractivity contribution in [1.82, 2.24) is 9.88 Å². The maximum atomic E-state index is 12.6. The Labute approximate surface area is 170 Å². The second kappa shape index (κ2) is 9.89. The zero-order valence-corrected chi connectivity index (χ0v) is 17.7. The summed E-state index contributed by atoms with van der Waals surface area (Å²) in [5, 5.41) is 5.53. The Bertz CT molecular complexity index is 785. The van der Waals surface area contributed by atoms with Gasteiger partial charge in [0.2, 0.25) is 0 Å². The van der Waals surface area contributed by atoms with E-state index in [4.69, 9.17) is 9.47 Å². The number of aromatic nitrogens is 1. The number of methoxy groups -OCH3 is 1. The smallest absolute Gasteiger partial charge is 0.257 e. The number of carbonyl (C=O) groups is 1. The van der Waals surface area contributed by atoms with Gasteiger partial charge in [0.05, 0.1) is 19.4 Å². The highest BCUT2D eigenvalue weighted by Gasteiger charge is 2.15. The van der Waals surface area contributed by atoms with E-state index in [0.717, 1.165) is 25.3 Å². The topological polar surface area (TPSA) is 63.7 Å². The van der Waals surface area contributed by atoms with E-state index in [0.29, 0.717) is 34.7 Å². The second-order valence-corrected chi connectivity index (χ2v) is 8.36. The van der Waals surface area contributed by atoms with Crippen LogP contribution in [0.2, 0.25) is 0 Å². The standard InChI is InChI=1S/C21H29N3O3S/c1-15(2)13-27-18-8-7-16(11-19(18)26-3)20(25)23-21-22-17(14-28-21)12-24-9-5-4-6-10-24/h7-8,11,14-15H,4-6,9-10,12-13H2,1-3H3,(H,22,23,25). The number of nitrogens with zero attached hydrogens (tertiary/aromatic N) is 2. The van der Waals surface area contributed by atoms with E-state index in [1.807, 2.05) is 5.38 Å². The fourth-order valence-electron chi connectivity index (χ4n) is 3.14. The molecule has 6 nitrogen and oxygen atoms in total. The van der Waals surface area contributed by atoms with Crippen LogP contribution >= 0.6 is 11.3 Å². The summed E-state index contributed by atoms with van der Waals surface area (Å²) in [5.41, 5.74) is 1.53. The van der Waals surface area contributed by atoms with Gasteiger partial charge >= 0.3 is 0 Å². The zero-order chi connectivity index (χ0) is 19.9. The lowest BCUT2D eigenvalue weighted by Gasteiger charge is -2.25. The Balaban J connectivity index is 1.61. The van der Waals surface area contributed by atoms with Crippen LogP contribution in [0.15, 0.2) is 23.6 Å². The van der Waals surface area contributed by atoms with Crippen molar-refractivity contribution in [1.29, 1.82) is 0 Å². The molecule has 152 valence electrons. The van der Waals surface area contributed by atoms with Crippen LogP contribution in [0, 0.1) is 5.92 Å². The molecule has 2 heterocycles. The van der Waals surface area contributed by atoms with Crippen molar-refractivity contribution in [3.63, 3.8) is 0 Å². The normalized spacial score (nSPS) is 14.9. The van der Waals surface area contributed by atoms with Gasteiger partial charge in [-0.25, -0.2) is 4.98 Å². The molecule has 1 saturated heterocycles. The molecule has 0 atom stereocenters. The number of benzene rings is 1. The monoisotopic (exact) mass is 403 g/mol. The molecule has 0 unspecified atom stereocenters. The Morgan fingerprint density at radius 2 is 2.04 bits per heavy atom. The number of nitrogens with one attached hydrogen (secondary N) is 1. The third-order valence-electron chi connectivity index (χ3n) is 4.60. The third kappa shape index (κ3) is 5.69. The average molecular weight is 404 g/mol. The maximum absolute atomic E-state index is 12.6. The predicted octanol–water partition coefficient (Wildman–Crippen LogP) is 4.42. The largest absolute Gasteiger partial charge is 0.493 e. The summed E-state index contributed by atoms with van der Waals surface area (Å²) in [5.74, 6) is 1.41. The molecule has 1 aromatic heterocycles. The van der Waals surface area contributed by atoms with Crippen molar-refractivity contribution >= 4 is 22.4 Å². The van der Waals surface area contributed by atoms with Gasteiger partial charge in [0.1, 0.15) is 0 Å². The number of piperidine rings is 1. The Kier molecular flexibility index (Phi) is 7.28. The van der Waals surface area contributed by atoms with Gasteiger partial charge in [0.25, 0.3) is 5.91 Å². The summed E-state index contributed by atoms with van der Waals surface area (Å²) < 4.78 is 11.1. The van der Waals surface area contributed by atoms with Crippen molar-refractivity contribution in [2.45, 2.75) is 39.7 Å². The number of likely N-dealkylation sites (tertiary alicyclic amines) is 1. The van der Waals surface area contributed by atoms with Crippen LogP contribution < -0.4 is 14.8 Å². The van der Waals surface area contributed by atoms with Gasteiger partial charge in [-0.2, -0.15) is 0 Å². The van der Waals surface area contributed by atoms with E-state index >= 15 is 0 Å². The van der Waals surface area contributed by atoms with E-state index < -0.39 is 0 Å². The molecule has 1 N–H and O–H groups in total. The molecule has 1 aromatic carbocycles. The number of ether oxygens (including phenoxy) is 2. The lowest BCUT2D eigenvalue weighted by atomic mass is 10.1. The number of amides is 1. The maximum Gasteiger partial charge on any atom is 0.257 e. The van der Waals surface area contributed by atoms with Crippen molar-refractivity contribution < 1.29 is 14.3 Å². The molecule has 1 fully saturated rings. The first-order valence-electron chi connectivity index (χ1n) is 9.84. The molecule has 0 saturated carbocycles.